The summed E-state index contributed by atoms with van der Waals surface area (Å²) in [7, 11) is -2.83. The van der Waals surface area contributed by atoms with Gasteiger partial charge in [-0.3, -0.25) is 0 Å². The molecule has 14 heavy (non-hydrogen) atoms. The highest BCUT2D eigenvalue weighted by atomic mass is 32.2. The molecule has 0 fully saturated rings. The summed E-state index contributed by atoms with van der Waals surface area (Å²) in [5.74, 6) is 0.472. The number of unbranched alkanes of at least 4 members (excludes halogenated alkanes) is 1. The molecule has 0 N–H and O–H groups in total. The van der Waals surface area contributed by atoms with Gasteiger partial charge >= 0.3 is 0 Å². The number of sulfone groups is 1. The van der Waals surface area contributed by atoms with Gasteiger partial charge in [0.25, 0.3) is 0 Å². The van der Waals surface area contributed by atoms with E-state index in [-0.39, 0.29) is 16.9 Å². The third kappa shape index (κ3) is 5.98. The minimum absolute atomic E-state index is 0.217. The first-order valence-corrected chi connectivity index (χ1v) is 6.77. The van der Waals surface area contributed by atoms with E-state index in [0.717, 1.165) is 12.8 Å². The summed E-state index contributed by atoms with van der Waals surface area (Å²) < 4.78 is 22.3. The molecule has 0 aromatic carbocycles. The number of nitrogens with zero attached hydrogens (tertiary/aromatic N) is 1. The van der Waals surface area contributed by atoms with Gasteiger partial charge in [0.1, 0.15) is 9.84 Å². The Kier molecular flexibility index (Phi) is 5.14. The van der Waals surface area contributed by atoms with Crippen LogP contribution in [-0.4, -0.2) is 19.9 Å². The van der Waals surface area contributed by atoms with Gasteiger partial charge in [0.05, 0.1) is 17.2 Å². The van der Waals surface area contributed by atoms with Crippen LogP contribution in [0, 0.1) is 16.7 Å². The molecular formula is C10H19NO2S. The molecular weight excluding hydrogens is 198 g/mol. The van der Waals surface area contributed by atoms with Gasteiger partial charge in [-0.25, -0.2) is 8.42 Å². The van der Waals surface area contributed by atoms with Crippen molar-refractivity contribution >= 4 is 9.84 Å². The first kappa shape index (κ1) is 13.4. The third-order valence-corrected chi connectivity index (χ3v) is 4.04. The fourth-order valence-electron chi connectivity index (χ4n) is 1.09. The van der Waals surface area contributed by atoms with E-state index in [1.54, 1.807) is 6.92 Å². The Hall–Kier alpha value is -0.560. The van der Waals surface area contributed by atoms with Crippen LogP contribution in [0.3, 0.4) is 0 Å². The van der Waals surface area contributed by atoms with E-state index in [0.29, 0.717) is 6.42 Å². The van der Waals surface area contributed by atoms with Crippen LogP contribution in [0.4, 0.5) is 0 Å². The van der Waals surface area contributed by atoms with E-state index < -0.39 is 9.84 Å². The summed E-state index contributed by atoms with van der Waals surface area (Å²) in [4.78, 5) is 0. The molecule has 0 aliphatic rings. The van der Waals surface area contributed by atoms with E-state index in [2.05, 4.69) is 6.07 Å². The van der Waals surface area contributed by atoms with Gasteiger partial charge in [0, 0.05) is 5.75 Å². The Morgan fingerprint density at radius 3 is 2.29 bits per heavy atom. The molecule has 0 heterocycles. The van der Waals surface area contributed by atoms with Gasteiger partial charge in [-0.15, -0.1) is 0 Å². The van der Waals surface area contributed by atoms with E-state index in [9.17, 15) is 8.42 Å². The fourth-order valence-corrected chi connectivity index (χ4v) is 2.02. The average Bonchev–Trinajstić information content (AvgIpc) is 2.13. The maximum atomic E-state index is 11.1. The molecule has 0 atom stereocenters. The van der Waals surface area contributed by atoms with Crippen LogP contribution in [0.15, 0.2) is 0 Å². The van der Waals surface area contributed by atoms with Crippen LogP contribution < -0.4 is 0 Å². The van der Waals surface area contributed by atoms with Crippen molar-refractivity contribution in [3.63, 3.8) is 0 Å². The van der Waals surface area contributed by atoms with Crippen LogP contribution in [0.2, 0.25) is 0 Å². The minimum atomic E-state index is -2.83. The Bertz CT molecular complexity index is 299. The summed E-state index contributed by atoms with van der Waals surface area (Å²) in [6.45, 7) is 5.41. The Balaban J connectivity index is 3.75. The van der Waals surface area contributed by atoms with E-state index in [1.807, 2.05) is 13.8 Å². The average molecular weight is 217 g/mol. The fraction of sp³-hybridized carbons (Fsp3) is 0.900. The summed E-state index contributed by atoms with van der Waals surface area (Å²) in [6, 6.07) is 2.20. The molecule has 0 aromatic heterocycles. The zero-order chi connectivity index (χ0) is 11.2. The molecule has 0 aromatic rings. The van der Waals surface area contributed by atoms with Crippen molar-refractivity contribution in [2.24, 2.45) is 5.41 Å². The molecule has 0 radical (unpaired) electrons. The van der Waals surface area contributed by atoms with Crippen molar-refractivity contribution in [1.29, 1.82) is 5.26 Å². The molecule has 82 valence electrons. The topological polar surface area (TPSA) is 57.9 Å². The van der Waals surface area contributed by atoms with E-state index in [4.69, 9.17) is 5.26 Å². The van der Waals surface area contributed by atoms with Gasteiger partial charge in [-0.1, -0.05) is 13.3 Å². The highest BCUT2D eigenvalue weighted by Gasteiger charge is 2.16. The Labute approximate surface area is 87.0 Å². The quantitative estimate of drug-likeness (QED) is 0.640. The van der Waals surface area contributed by atoms with Crippen LogP contribution >= 0.6 is 0 Å². The van der Waals surface area contributed by atoms with Crippen molar-refractivity contribution in [2.45, 2.75) is 40.0 Å². The summed E-state index contributed by atoms with van der Waals surface area (Å²) in [5, 5.41) is 8.73. The molecule has 0 saturated carbocycles. The van der Waals surface area contributed by atoms with Crippen molar-refractivity contribution in [1.82, 2.24) is 0 Å². The lowest BCUT2D eigenvalue weighted by Crippen LogP contribution is -2.11. The maximum absolute atomic E-state index is 11.1. The first-order valence-electron chi connectivity index (χ1n) is 4.94. The van der Waals surface area contributed by atoms with Gasteiger partial charge in [-0.05, 0) is 26.7 Å². The molecule has 0 aliphatic heterocycles. The molecule has 0 aliphatic carbocycles. The molecule has 3 nitrogen and oxygen atoms in total. The monoisotopic (exact) mass is 217 g/mol. The highest BCUT2D eigenvalue weighted by molar-refractivity contribution is 7.91. The minimum Gasteiger partial charge on any atom is -0.229 e. The molecule has 0 unspecified atom stereocenters. The second kappa shape index (κ2) is 5.35. The van der Waals surface area contributed by atoms with E-state index in [1.165, 1.54) is 0 Å². The predicted molar refractivity (Wildman–Crippen MR) is 57.6 cm³/mol. The normalized spacial score (nSPS) is 12.4. The van der Waals surface area contributed by atoms with Crippen molar-refractivity contribution in [3.05, 3.63) is 0 Å². The molecule has 0 rings (SSSR count). The highest BCUT2D eigenvalue weighted by Crippen LogP contribution is 2.21. The van der Waals surface area contributed by atoms with Gasteiger partial charge in [0.15, 0.2) is 0 Å². The summed E-state index contributed by atoms with van der Waals surface area (Å²) in [6.07, 6.45) is 2.24. The molecule has 0 bridgehead atoms. The van der Waals surface area contributed by atoms with Gasteiger partial charge < -0.3 is 0 Å². The number of nitriles is 1. The smallest absolute Gasteiger partial charge is 0.150 e. The van der Waals surface area contributed by atoms with Gasteiger partial charge in [0.2, 0.25) is 0 Å². The lowest BCUT2D eigenvalue weighted by Gasteiger charge is -2.13. The summed E-state index contributed by atoms with van der Waals surface area (Å²) >= 11 is 0. The van der Waals surface area contributed by atoms with Crippen molar-refractivity contribution < 1.29 is 8.42 Å². The third-order valence-electron chi connectivity index (χ3n) is 2.25. The summed E-state index contributed by atoms with van der Waals surface area (Å²) in [5.41, 5.74) is -0.323. The predicted octanol–water partition coefficient (Wildman–Crippen LogP) is 2.14. The van der Waals surface area contributed by atoms with Crippen LogP contribution in [0.25, 0.3) is 0 Å². The maximum Gasteiger partial charge on any atom is 0.150 e. The SMILES string of the molecule is CCS(=O)(=O)CCCCC(C)(C)C#N. The molecule has 0 amide bonds. The zero-order valence-corrected chi connectivity index (χ0v) is 10.0. The molecule has 4 heteroatoms. The van der Waals surface area contributed by atoms with Crippen LogP contribution in [0.5, 0.6) is 0 Å². The van der Waals surface area contributed by atoms with Crippen molar-refractivity contribution in [2.75, 3.05) is 11.5 Å². The number of hydrogen-bond acceptors (Lipinski definition) is 3. The lowest BCUT2D eigenvalue weighted by atomic mass is 9.89. The number of rotatable bonds is 6. The van der Waals surface area contributed by atoms with Gasteiger partial charge in [-0.2, -0.15) is 5.26 Å². The second-order valence-corrected chi connectivity index (χ2v) is 6.66. The second-order valence-electron chi connectivity index (χ2n) is 4.19. The molecule has 0 saturated heterocycles. The Morgan fingerprint density at radius 1 is 1.29 bits per heavy atom. The molecule has 0 spiro atoms. The van der Waals surface area contributed by atoms with Crippen LogP contribution in [-0.2, 0) is 9.84 Å². The number of hydrogen-bond donors (Lipinski definition) is 0. The van der Waals surface area contributed by atoms with E-state index >= 15 is 0 Å². The Morgan fingerprint density at radius 2 is 1.86 bits per heavy atom. The lowest BCUT2D eigenvalue weighted by molar-refractivity contribution is 0.431. The largest absolute Gasteiger partial charge is 0.229 e. The van der Waals surface area contributed by atoms with Crippen LogP contribution in [0.1, 0.15) is 40.0 Å². The van der Waals surface area contributed by atoms with Crippen molar-refractivity contribution in [3.8, 4) is 6.07 Å². The standard InChI is InChI=1S/C10H19NO2S/c1-4-14(12,13)8-6-5-7-10(2,3)9-11/h4-8H2,1-3H3. The zero-order valence-electron chi connectivity index (χ0n) is 9.21. The first-order chi connectivity index (χ1) is 6.33.